The van der Waals surface area contributed by atoms with Gasteiger partial charge in [0.15, 0.2) is 0 Å². The van der Waals surface area contributed by atoms with Gasteiger partial charge >= 0.3 is 5.63 Å². The smallest absolute Gasteiger partial charge is 0.344 e. The number of furan rings is 1. The number of hydrogen-bond donors (Lipinski definition) is 0. The normalized spacial score (nSPS) is 11.6. The maximum absolute atomic E-state index is 12.0. The fourth-order valence-corrected chi connectivity index (χ4v) is 2.42. The van der Waals surface area contributed by atoms with Gasteiger partial charge in [-0.2, -0.15) is 0 Å². The lowest BCUT2D eigenvalue weighted by molar-refractivity contribution is 0.569. The van der Waals surface area contributed by atoms with Crippen molar-refractivity contribution >= 4 is 32.7 Å². The van der Waals surface area contributed by atoms with E-state index in [1.165, 1.54) is 0 Å². The zero-order valence-corrected chi connectivity index (χ0v) is 9.34. The van der Waals surface area contributed by atoms with Gasteiger partial charge in [0.1, 0.15) is 11.2 Å². The molecule has 86 valence electrons. The monoisotopic (exact) mass is 236 g/mol. The van der Waals surface area contributed by atoms with Crippen molar-refractivity contribution in [1.82, 2.24) is 0 Å². The Morgan fingerprint density at radius 3 is 2.56 bits per heavy atom. The molecule has 0 unspecified atom stereocenters. The number of benzene rings is 2. The molecule has 18 heavy (non-hydrogen) atoms. The van der Waals surface area contributed by atoms with Crippen LogP contribution >= 0.6 is 0 Å². The molecule has 4 aromatic rings. The van der Waals surface area contributed by atoms with Crippen LogP contribution in [0.3, 0.4) is 0 Å². The van der Waals surface area contributed by atoms with Crippen LogP contribution in [0.15, 0.2) is 62.4 Å². The molecule has 0 N–H and O–H groups in total. The molecule has 3 nitrogen and oxygen atoms in total. The van der Waals surface area contributed by atoms with E-state index in [0.717, 1.165) is 21.7 Å². The third-order valence-corrected chi connectivity index (χ3v) is 3.21. The number of hydrogen-bond acceptors (Lipinski definition) is 3. The summed E-state index contributed by atoms with van der Waals surface area (Å²) in [5.74, 6) is 0. The van der Waals surface area contributed by atoms with Gasteiger partial charge in [0.25, 0.3) is 0 Å². The fourth-order valence-electron chi connectivity index (χ4n) is 2.42. The van der Waals surface area contributed by atoms with Crippen molar-refractivity contribution in [2.45, 2.75) is 0 Å². The Morgan fingerprint density at radius 2 is 1.61 bits per heavy atom. The van der Waals surface area contributed by atoms with Crippen LogP contribution in [0.5, 0.6) is 0 Å². The minimum atomic E-state index is -0.313. The third-order valence-electron chi connectivity index (χ3n) is 3.21. The molecule has 0 amide bonds. The van der Waals surface area contributed by atoms with Crippen molar-refractivity contribution in [2.75, 3.05) is 0 Å². The summed E-state index contributed by atoms with van der Waals surface area (Å²) in [6.07, 6.45) is 1.63. The van der Waals surface area contributed by atoms with E-state index in [9.17, 15) is 4.79 Å². The molecule has 2 aromatic heterocycles. The van der Waals surface area contributed by atoms with E-state index in [0.29, 0.717) is 11.0 Å². The van der Waals surface area contributed by atoms with Crippen LogP contribution in [0.4, 0.5) is 0 Å². The average molecular weight is 236 g/mol. The highest BCUT2D eigenvalue weighted by Gasteiger charge is 2.11. The SMILES string of the molecule is O=c1oc2ccccc2c2c1ccc1occc12. The van der Waals surface area contributed by atoms with E-state index in [-0.39, 0.29) is 5.63 Å². The number of rotatable bonds is 0. The minimum absolute atomic E-state index is 0.313. The van der Waals surface area contributed by atoms with Crippen molar-refractivity contribution in [2.24, 2.45) is 0 Å². The highest BCUT2D eigenvalue weighted by Crippen LogP contribution is 2.30. The topological polar surface area (TPSA) is 43.4 Å². The highest BCUT2D eigenvalue weighted by molar-refractivity contribution is 6.17. The van der Waals surface area contributed by atoms with E-state index in [1.54, 1.807) is 24.5 Å². The molecule has 0 saturated carbocycles. The van der Waals surface area contributed by atoms with Crippen LogP contribution in [-0.4, -0.2) is 0 Å². The Hall–Kier alpha value is -2.55. The zero-order chi connectivity index (χ0) is 12.1. The average Bonchev–Trinajstić information content (AvgIpc) is 2.86. The Bertz CT molecular complexity index is 944. The van der Waals surface area contributed by atoms with E-state index in [4.69, 9.17) is 8.83 Å². The van der Waals surface area contributed by atoms with Crippen LogP contribution in [0.2, 0.25) is 0 Å². The summed E-state index contributed by atoms with van der Waals surface area (Å²) in [7, 11) is 0. The number of para-hydroxylation sites is 1. The van der Waals surface area contributed by atoms with Gasteiger partial charge in [0.05, 0.1) is 11.6 Å². The first-order valence-corrected chi connectivity index (χ1v) is 5.66. The maximum Gasteiger partial charge on any atom is 0.344 e. The van der Waals surface area contributed by atoms with Crippen LogP contribution in [0.25, 0.3) is 32.7 Å². The molecule has 0 radical (unpaired) electrons. The van der Waals surface area contributed by atoms with Gasteiger partial charge in [0.2, 0.25) is 0 Å². The summed E-state index contributed by atoms with van der Waals surface area (Å²) in [6, 6.07) is 13.0. The second-order valence-corrected chi connectivity index (χ2v) is 4.21. The third kappa shape index (κ3) is 1.10. The highest BCUT2D eigenvalue weighted by atomic mass is 16.4. The molecule has 0 aliphatic carbocycles. The zero-order valence-electron chi connectivity index (χ0n) is 9.34. The Labute approximate surface area is 101 Å². The Morgan fingerprint density at radius 1 is 0.778 bits per heavy atom. The maximum atomic E-state index is 12.0. The van der Waals surface area contributed by atoms with Crippen LogP contribution < -0.4 is 5.63 Å². The fraction of sp³-hybridized carbons (Fsp3) is 0. The molecule has 2 heterocycles. The molecule has 0 aliphatic rings. The van der Waals surface area contributed by atoms with Crippen LogP contribution in [-0.2, 0) is 0 Å². The van der Waals surface area contributed by atoms with E-state index in [2.05, 4.69) is 0 Å². The quantitative estimate of drug-likeness (QED) is 0.345. The molecule has 0 bridgehead atoms. The molecule has 0 spiro atoms. The summed E-state index contributed by atoms with van der Waals surface area (Å²) in [5, 5.41) is 3.35. The van der Waals surface area contributed by atoms with Gasteiger partial charge in [-0.3, -0.25) is 0 Å². The van der Waals surface area contributed by atoms with Crippen molar-refractivity contribution < 1.29 is 8.83 Å². The van der Waals surface area contributed by atoms with Crippen molar-refractivity contribution in [3.8, 4) is 0 Å². The largest absolute Gasteiger partial charge is 0.464 e. The summed E-state index contributed by atoms with van der Waals surface area (Å²) in [4.78, 5) is 12.0. The van der Waals surface area contributed by atoms with Gasteiger partial charge in [-0.05, 0) is 24.3 Å². The Balaban J connectivity index is 2.47. The van der Waals surface area contributed by atoms with E-state index < -0.39 is 0 Å². The molecular weight excluding hydrogens is 228 g/mol. The van der Waals surface area contributed by atoms with Crippen LogP contribution in [0.1, 0.15) is 0 Å². The molecule has 3 heteroatoms. The van der Waals surface area contributed by atoms with Gasteiger partial charge in [-0.1, -0.05) is 18.2 Å². The standard InChI is InChI=1S/C15H8O3/c16-15-11-5-6-12-10(7-8-17-12)14(11)9-3-1-2-4-13(9)18-15/h1-8H. The molecule has 4 rings (SSSR count). The van der Waals surface area contributed by atoms with Crippen molar-refractivity contribution in [3.63, 3.8) is 0 Å². The van der Waals surface area contributed by atoms with Gasteiger partial charge < -0.3 is 8.83 Å². The lowest BCUT2D eigenvalue weighted by Crippen LogP contribution is -1.99. The van der Waals surface area contributed by atoms with Crippen LogP contribution in [0, 0.1) is 0 Å². The first-order chi connectivity index (χ1) is 8.84. The lowest BCUT2D eigenvalue weighted by atomic mass is 10.0. The predicted octanol–water partition coefficient (Wildman–Crippen LogP) is 3.69. The first-order valence-electron chi connectivity index (χ1n) is 5.66. The molecular formula is C15H8O3. The summed E-state index contributed by atoms with van der Waals surface area (Å²) in [5.41, 5.74) is 1.06. The van der Waals surface area contributed by atoms with Gasteiger partial charge in [-0.15, -0.1) is 0 Å². The molecule has 2 aromatic carbocycles. The summed E-state index contributed by atoms with van der Waals surface area (Å²) in [6.45, 7) is 0. The van der Waals surface area contributed by atoms with Crippen molar-refractivity contribution in [3.05, 3.63) is 59.1 Å². The summed E-state index contributed by atoms with van der Waals surface area (Å²) >= 11 is 0. The van der Waals surface area contributed by atoms with Crippen molar-refractivity contribution in [1.29, 1.82) is 0 Å². The first kappa shape index (κ1) is 9.48. The predicted molar refractivity (Wildman–Crippen MR) is 69.8 cm³/mol. The Kier molecular flexibility index (Phi) is 1.70. The van der Waals surface area contributed by atoms with Gasteiger partial charge in [0, 0.05) is 16.2 Å². The summed E-state index contributed by atoms with van der Waals surface area (Å²) < 4.78 is 10.7. The van der Waals surface area contributed by atoms with E-state index >= 15 is 0 Å². The molecule has 0 fully saturated rings. The molecule has 0 saturated heterocycles. The van der Waals surface area contributed by atoms with E-state index in [1.807, 2.05) is 24.3 Å². The molecule has 0 atom stereocenters. The minimum Gasteiger partial charge on any atom is -0.464 e. The second-order valence-electron chi connectivity index (χ2n) is 4.21. The van der Waals surface area contributed by atoms with Gasteiger partial charge in [-0.25, -0.2) is 4.79 Å². The second kappa shape index (κ2) is 3.23. The molecule has 0 aliphatic heterocycles. The lowest BCUT2D eigenvalue weighted by Gasteiger charge is -2.02. The number of fused-ring (bicyclic) bond motifs is 5.